The summed E-state index contributed by atoms with van der Waals surface area (Å²) in [5, 5.41) is 0. The second-order valence-corrected chi connectivity index (χ2v) is 19.3. The number of thiazole rings is 2. The van der Waals surface area contributed by atoms with Crippen LogP contribution < -0.4 is 9.26 Å². The molecule has 0 radical (unpaired) electrons. The summed E-state index contributed by atoms with van der Waals surface area (Å²) < 4.78 is 2.67. The summed E-state index contributed by atoms with van der Waals surface area (Å²) in [4.78, 5) is 11.8. The molecule has 2 rings (SSSR count). The second kappa shape index (κ2) is 4.66. The fourth-order valence-corrected chi connectivity index (χ4v) is 6.88. The van der Waals surface area contributed by atoms with Crippen LogP contribution in [0.3, 0.4) is 0 Å². The van der Waals surface area contributed by atoms with Crippen LogP contribution in [0.5, 0.6) is 0 Å². The molecule has 2 heterocycles. The highest BCUT2D eigenvalue weighted by atomic mass is 32.1. The standard InChI is InChI=1S/C12H20N2S2Si2/c1-17(2,3)11-13-7-9(15-11)10-8-14-12(16-10)18(4,5)6/h7-8H,1-6H3. The zero-order valence-electron chi connectivity index (χ0n) is 11.9. The van der Waals surface area contributed by atoms with Gasteiger partial charge in [-0.2, -0.15) is 0 Å². The molecule has 0 aliphatic carbocycles. The first kappa shape index (κ1) is 14.1. The van der Waals surface area contributed by atoms with Crippen LogP contribution in [0.25, 0.3) is 9.75 Å². The van der Waals surface area contributed by atoms with Gasteiger partial charge in [-0.25, -0.2) is 0 Å². The monoisotopic (exact) mass is 312 g/mol. The predicted molar refractivity (Wildman–Crippen MR) is 89.2 cm³/mol. The van der Waals surface area contributed by atoms with Crippen molar-refractivity contribution in [1.29, 1.82) is 0 Å². The van der Waals surface area contributed by atoms with Gasteiger partial charge in [-0.3, -0.25) is 9.97 Å². The van der Waals surface area contributed by atoms with Crippen LogP contribution in [-0.4, -0.2) is 26.1 Å². The Balaban J connectivity index is 2.33. The quantitative estimate of drug-likeness (QED) is 0.812. The summed E-state index contributed by atoms with van der Waals surface area (Å²) in [6.07, 6.45) is 4.06. The zero-order chi connectivity index (χ0) is 13.6. The van der Waals surface area contributed by atoms with Gasteiger partial charge in [0.05, 0.1) is 19.0 Å². The predicted octanol–water partition coefficient (Wildman–Crippen LogP) is 3.36. The molecule has 0 atom stereocenters. The van der Waals surface area contributed by atoms with Crippen molar-refractivity contribution < 1.29 is 0 Å². The minimum absolute atomic E-state index is 1.27. The van der Waals surface area contributed by atoms with Crippen LogP contribution in [0.1, 0.15) is 0 Å². The third kappa shape index (κ3) is 2.98. The average molecular weight is 313 g/mol. The highest BCUT2D eigenvalue weighted by Crippen LogP contribution is 2.27. The Labute approximate surface area is 119 Å². The van der Waals surface area contributed by atoms with Crippen molar-refractivity contribution >= 4 is 48.1 Å². The Morgan fingerprint density at radius 1 is 0.722 bits per heavy atom. The molecule has 0 unspecified atom stereocenters. The second-order valence-electron chi connectivity index (χ2n) is 6.56. The van der Waals surface area contributed by atoms with Crippen LogP contribution in [0.15, 0.2) is 12.4 Å². The van der Waals surface area contributed by atoms with E-state index in [2.05, 4.69) is 49.3 Å². The maximum absolute atomic E-state index is 4.61. The Kier molecular flexibility index (Phi) is 3.66. The molecule has 2 nitrogen and oxygen atoms in total. The van der Waals surface area contributed by atoms with E-state index in [0.29, 0.717) is 0 Å². The lowest BCUT2D eigenvalue weighted by molar-refractivity contribution is 1.43. The summed E-state index contributed by atoms with van der Waals surface area (Å²) in [5.74, 6) is 0. The summed E-state index contributed by atoms with van der Waals surface area (Å²) in [5.41, 5.74) is 0. The van der Waals surface area contributed by atoms with E-state index < -0.39 is 16.1 Å². The number of hydrogen-bond donors (Lipinski definition) is 0. The van der Waals surface area contributed by atoms with Crippen molar-refractivity contribution in [2.24, 2.45) is 0 Å². The molecule has 0 aliphatic rings. The average Bonchev–Trinajstić information content (AvgIpc) is 2.84. The molecule has 0 spiro atoms. The van der Waals surface area contributed by atoms with Gasteiger partial charge in [0, 0.05) is 12.4 Å². The van der Waals surface area contributed by atoms with E-state index in [4.69, 9.17) is 0 Å². The molecule has 0 aliphatic heterocycles. The summed E-state index contributed by atoms with van der Waals surface area (Å²) >= 11 is 3.71. The zero-order valence-corrected chi connectivity index (χ0v) is 15.5. The van der Waals surface area contributed by atoms with Crippen molar-refractivity contribution in [2.45, 2.75) is 39.3 Å². The Morgan fingerprint density at radius 2 is 1.06 bits per heavy atom. The van der Waals surface area contributed by atoms with Gasteiger partial charge in [0.1, 0.15) is 16.1 Å². The molecule has 0 N–H and O–H groups in total. The highest BCUT2D eigenvalue weighted by Gasteiger charge is 2.24. The lowest BCUT2D eigenvalue weighted by Gasteiger charge is -2.10. The smallest absolute Gasteiger partial charge is 0.114 e. The van der Waals surface area contributed by atoms with Crippen LogP contribution >= 0.6 is 22.7 Å². The fraction of sp³-hybridized carbons (Fsp3) is 0.500. The fourth-order valence-electron chi connectivity index (χ4n) is 1.47. The van der Waals surface area contributed by atoms with Gasteiger partial charge in [0.25, 0.3) is 0 Å². The molecule has 0 saturated carbocycles. The van der Waals surface area contributed by atoms with Gasteiger partial charge in [0.15, 0.2) is 0 Å². The SMILES string of the molecule is C[Si](C)(C)c1ncc(-c2cnc([Si](C)(C)C)s2)s1. The first-order valence-electron chi connectivity index (χ1n) is 6.11. The lowest BCUT2D eigenvalue weighted by Crippen LogP contribution is -2.37. The number of nitrogens with zero attached hydrogens (tertiary/aromatic N) is 2. The van der Waals surface area contributed by atoms with Crippen LogP contribution in [0.4, 0.5) is 0 Å². The van der Waals surface area contributed by atoms with Gasteiger partial charge >= 0.3 is 0 Å². The van der Waals surface area contributed by atoms with E-state index >= 15 is 0 Å². The van der Waals surface area contributed by atoms with Gasteiger partial charge in [-0.05, 0) is 0 Å². The van der Waals surface area contributed by atoms with Crippen molar-refractivity contribution in [3.63, 3.8) is 0 Å². The molecule has 98 valence electrons. The third-order valence-corrected chi connectivity index (χ3v) is 11.5. The molecular weight excluding hydrogens is 292 g/mol. The van der Waals surface area contributed by atoms with Crippen LogP contribution in [0, 0.1) is 0 Å². The van der Waals surface area contributed by atoms with E-state index in [1.807, 2.05) is 35.1 Å². The van der Waals surface area contributed by atoms with Gasteiger partial charge in [-0.15, -0.1) is 22.7 Å². The van der Waals surface area contributed by atoms with E-state index in [1.54, 1.807) is 0 Å². The van der Waals surface area contributed by atoms with Crippen molar-refractivity contribution in [1.82, 2.24) is 9.97 Å². The van der Waals surface area contributed by atoms with Crippen molar-refractivity contribution in [2.75, 3.05) is 0 Å². The maximum atomic E-state index is 4.61. The van der Waals surface area contributed by atoms with E-state index in [0.717, 1.165) is 0 Å². The first-order valence-corrected chi connectivity index (χ1v) is 14.7. The van der Waals surface area contributed by atoms with Crippen molar-refractivity contribution in [3.05, 3.63) is 12.4 Å². The van der Waals surface area contributed by atoms with Gasteiger partial charge < -0.3 is 0 Å². The molecule has 0 saturated heterocycles. The highest BCUT2D eigenvalue weighted by molar-refractivity contribution is 7.33. The maximum Gasteiger partial charge on any atom is 0.114 e. The Bertz CT molecular complexity index is 497. The van der Waals surface area contributed by atoms with Gasteiger partial charge in [-0.1, -0.05) is 39.3 Å². The summed E-state index contributed by atoms with van der Waals surface area (Å²) in [6.45, 7) is 14.1. The largest absolute Gasteiger partial charge is 0.254 e. The Morgan fingerprint density at radius 3 is 1.28 bits per heavy atom. The molecule has 0 aromatic carbocycles. The van der Waals surface area contributed by atoms with E-state index in [-0.39, 0.29) is 0 Å². The topological polar surface area (TPSA) is 25.8 Å². The number of rotatable bonds is 3. The van der Waals surface area contributed by atoms with Crippen LogP contribution in [-0.2, 0) is 0 Å². The van der Waals surface area contributed by atoms with E-state index in [9.17, 15) is 0 Å². The minimum atomic E-state index is -1.27. The molecule has 18 heavy (non-hydrogen) atoms. The molecule has 0 amide bonds. The summed E-state index contributed by atoms with van der Waals surface area (Å²) in [6, 6.07) is 0. The number of hydrogen-bond acceptors (Lipinski definition) is 4. The number of aromatic nitrogens is 2. The molecular formula is C12H20N2S2Si2. The lowest BCUT2D eigenvalue weighted by atomic mass is 10.5. The van der Waals surface area contributed by atoms with Crippen molar-refractivity contribution in [3.8, 4) is 9.75 Å². The molecule has 2 aromatic rings. The molecule has 2 aromatic heterocycles. The minimum Gasteiger partial charge on any atom is -0.254 e. The normalized spacial score (nSPS) is 13.0. The summed E-state index contributed by atoms with van der Waals surface area (Å²) in [7, 11) is -2.55. The third-order valence-electron chi connectivity index (χ3n) is 2.54. The Hall–Kier alpha value is -0.306. The molecule has 6 heteroatoms. The van der Waals surface area contributed by atoms with Gasteiger partial charge in [0.2, 0.25) is 0 Å². The first-order chi connectivity index (χ1) is 8.18. The van der Waals surface area contributed by atoms with Crippen LogP contribution in [0.2, 0.25) is 39.3 Å². The molecule has 0 fully saturated rings. The molecule has 0 bridgehead atoms. The van der Waals surface area contributed by atoms with E-state index in [1.165, 1.54) is 19.0 Å².